The van der Waals surface area contributed by atoms with Crippen molar-refractivity contribution in [2.75, 3.05) is 13.1 Å². The lowest BCUT2D eigenvalue weighted by Gasteiger charge is -2.53. The number of rotatable bonds is 11. The summed E-state index contributed by atoms with van der Waals surface area (Å²) in [6.07, 6.45) is 13.5. The molecule has 1 aromatic carbocycles. The van der Waals surface area contributed by atoms with Crippen molar-refractivity contribution in [2.45, 2.75) is 96.5 Å². The van der Waals surface area contributed by atoms with Gasteiger partial charge in [-0.2, -0.15) is 0 Å². The molecule has 3 aliphatic rings. The standard InChI is InChI=1S/C31H40Cl2N2O3/c1-3-5-6-7-9-20(4-2)30(36)37-29-22(19-31(29)14-16-34-17-15-31)18-23-27(35-38-28(23)21-12-13-21)26-24(32)10-8-11-25(26)33/h8,10-11,18,20-21,29,34H,3-7,9,12-17,19H2,1-2H3. The van der Waals surface area contributed by atoms with Gasteiger partial charge in [-0.1, -0.05) is 74.0 Å². The van der Waals surface area contributed by atoms with E-state index in [1.54, 1.807) is 0 Å². The van der Waals surface area contributed by atoms with Crippen LogP contribution < -0.4 is 5.32 Å². The Morgan fingerprint density at radius 3 is 2.58 bits per heavy atom. The Labute approximate surface area is 236 Å². The molecule has 2 heterocycles. The number of halogens is 2. The second-order valence-electron chi connectivity index (χ2n) is 11.5. The maximum atomic E-state index is 13.4. The zero-order valence-corrected chi connectivity index (χ0v) is 24.2. The molecular weight excluding hydrogens is 519 g/mol. The maximum Gasteiger partial charge on any atom is 0.309 e. The minimum atomic E-state index is -0.210. The second kappa shape index (κ2) is 12.1. The van der Waals surface area contributed by atoms with Crippen molar-refractivity contribution in [2.24, 2.45) is 11.3 Å². The van der Waals surface area contributed by atoms with E-state index in [0.29, 0.717) is 27.2 Å². The van der Waals surface area contributed by atoms with Crippen LogP contribution in [0, 0.1) is 11.3 Å². The van der Waals surface area contributed by atoms with E-state index in [-0.39, 0.29) is 23.4 Å². The molecular formula is C31H40Cl2N2O3. The molecule has 0 amide bonds. The summed E-state index contributed by atoms with van der Waals surface area (Å²) in [5, 5.41) is 9.03. The molecule has 0 radical (unpaired) electrons. The van der Waals surface area contributed by atoms with E-state index >= 15 is 0 Å². The maximum absolute atomic E-state index is 13.4. The van der Waals surface area contributed by atoms with Crippen molar-refractivity contribution in [1.82, 2.24) is 10.5 Å². The molecule has 7 heteroatoms. The van der Waals surface area contributed by atoms with Crippen LogP contribution in [0.4, 0.5) is 0 Å². The number of carbonyl (C=O) groups excluding carboxylic acids is 1. The lowest BCUT2D eigenvalue weighted by atomic mass is 9.58. The van der Waals surface area contributed by atoms with Crippen LogP contribution in [0.3, 0.4) is 0 Å². The molecule has 5 rings (SSSR count). The number of carbonyl (C=O) groups is 1. The Balaban J connectivity index is 1.45. The fourth-order valence-corrected chi connectivity index (χ4v) is 6.82. The van der Waals surface area contributed by atoms with Crippen LogP contribution in [0.25, 0.3) is 17.3 Å². The quantitative estimate of drug-likeness (QED) is 0.221. The predicted molar refractivity (Wildman–Crippen MR) is 153 cm³/mol. The first-order valence-electron chi connectivity index (χ1n) is 14.5. The molecule has 2 saturated carbocycles. The Bertz CT molecular complexity index is 1140. The molecule has 3 fully saturated rings. The van der Waals surface area contributed by atoms with Crippen LogP contribution in [0.2, 0.25) is 10.0 Å². The fraction of sp³-hybridized carbons (Fsp3) is 0.613. The van der Waals surface area contributed by atoms with Crippen molar-refractivity contribution in [3.8, 4) is 11.3 Å². The molecule has 2 unspecified atom stereocenters. The van der Waals surface area contributed by atoms with Gasteiger partial charge in [0.05, 0.1) is 16.0 Å². The lowest BCUT2D eigenvalue weighted by Crippen LogP contribution is -2.55. The highest BCUT2D eigenvalue weighted by Gasteiger charge is 2.53. The van der Waals surface area contributed by atoms with Crippen LogP contribution in [0.5, 0.6) is 0 Å². The lowest BCUT2D eigenvalue weighted by molar-refractivity contribution is -0.166. The smallest absolute Gasteiger partial charge is 0.309 e. The SMILES string of the molecule is CCCCCCC(CC)C(=O)OC1C(=Cc2c(-c3c(Cl)cccc3Cl)noc2C2CC2)CC12CCNCC2. The van der Waals surface area contributed by atoms with Gasteiger partial charge in [-0.25, -0.2) is 0 Å². The van der Waals surface area contributed by atoms with E-state index in [0.717, 1.165) is 81.4 Å². The van der Waals surface area contributed by atoms with E-state index in [2.05, 4.69) is 30.4 Å². The Morgan fingerprint density at radius 1 is 1.18 bits per heavy atom. The summed E-state index contributed by atoms with van der Waals surface area (Å²) in [6, 6.07) is 5.49. The number of ether oxygens (including phenoxy) is 1. The number of nitrogens with zero attached hydrogens (tertiary/aromatic N) is 1. The first-order chi connectivity index (χ1) is 18.5. The van der Waals surface area contributed by atoms with Crippen molar-refractivity contribution in [3.63, 3.8) is 0 Å². The second-order valence-corrected chi connectivity index (χ2v) is 12.3. The number of benzene rings is 1. The molecule has 2 aromatic rings. The van der Waals surface area contributed by atoms with Gasteiger partial charge in [0.1, 0.15) is 17.6 Å². The van der Waals surface area contributed by atoms with Gasteiger partial charge in [0.25, 0.3) is 0 Å². The van der Waals surface area contributed by atoms with E-state index in [1.807, 2.05) is 18.2 Å². The van der Waals surface area contributed by atoms with Gasteiger partial charge in [-0.15, -0.1) is 0 Å². The van der Waals surface area contributed by atoms with Crippen molar-refractivity contribution in [3.05, 3.63) is 45.1 Å². The molecule has 2 atom stereocenters. The highest BCUT2D eigenvalue weighted by atomic mass is 35.5. The minimum absolute atomic E-state index is 0.00630. The third kappa shape index (κ3) is 5.71. The van der Waals surface area contributed by atoms with Crippen molar-refractivity contribution >= 4 is 35.2 Å². The largest absolute Gasteiger partial charge is 0.457 e. The minimum Gasteiger partial charge on any atom is -0.457 e. The first-order valence-corrected chi connectivity index (χ1v) is 15.3. The summed E-state index contributed by atoms with van der Waals surface area (Å²) in [7, 11) is 0. The third-order valence-electron chi connectivity index (χ3n) is 8.75. The number of aromatic nitrogens is 1. The van der Waals surface area contributed by atoms with E-state index in [4.69, 9.17) is 32.5 Å². The number of piperidine rings is 1. The molecule has 1 N–H and O–H groups in total. The summed E-state index contributed by atoms with van der Waals surface area (Å²) in [5.41, 5.74) is 3.46. The molecule has 1 saturated heterocycles. The summed E-state index contributed by atoms with van der Waals surface area (Å²) in [5.74, 6) is 1.18. The summed E-state index contributed by atoms with van der Waals surface area (Å²) < 4.78 is 12.3. The molecule has 2 aliphatic carbocycles. The Kier molecular flexibility index (Phi) is 8.86. The number of esters is 1. The van der Waals surface area contributed by atoms with E-state index in [9.17, 15) is 4.79 Å². The molecule has 5 nitrogen and oxygen atoms in total. The van der Waals surface area contributed by atoms with E-state index in [1.165, 1.54) is 19.3 Å². The zero-order chi connectivity index (χ0) is 26.7. The number of unbranched alkanes of at least 4 members (excludes halogenated alkanes) is 3. The highest BCUT2D eigenvalue weighted by molar-refractivity contribution is 6.39. The molecule has 1 aromatic heterocycles. The topological polar surface area (TPSA) is 64.4 Å². The molecule has 38 heavy (non-hydrogen) atoms. The predicted octanol–water partition coefficient (Wildman–Crippen LogP) is 8.59. The van der Waals surface area contributed by atoms with Crippen LogP contribution in [0.1, 0.15) is 102 Å². The Morgan fingerprint density at radius 2 is 1.92 bits per heavy atom. The number of hydrogen-bond acceptors (Lipinski definition) is 5. The highest BCUT2D eigenvalue weighted by Crippen LogP contribution is 2.55. The van der Waals surface area contributed by atoms with Crippen LogP contribution in [-0.4, -0.2) is 30.3 Å². The monoisotopic (exact) mass is 558 g/mol. The van der Waals surface area contributed by atoms with Gasteiger partial charge < -0.3 is 14.6 Å². The van der Waals surface area contributed by atoms with Gasteiger partial charge in [-0.3, -0.25) is 4.79 Å². The molecule has 1 aliphatic heterocycles. The summed E-state index contributed by atoms with van der Waals surface area (Å²) >= 11 is 13.2. The van der Waals surface area contributed by atoms with Crippen molar-refractivity contribution < 1.29 is 14.1 Å². The molecule has 0 bridgehead atoms. The normalized spacial score (nSPS) is 22.4. The fourth-order valence-electron chi connectivity index (χ4n) is 6.24. The van der Waals surface area contributed by atoms with Crippen molar-refractivity contribution in [1.29, 1.82) is 0 Å². The van der Waals surface area contributed by atoms with Gasteiger partial charge in [-0.05, 0) is 81.8 Å². The average molecular weight is 560 g/mol. The van der Waals surface area contributed by atoms with E-state index < -0.39 is 0 Å². The third-order valence-corrected chi connectivity index (χ3v) is 9.38. The van der Waals surface area contributed by atoms with Crippen LogP contribution in [0.15, 0.2) is 28.3 Å². The van der Waals surface area contributed by atoms with Gasteiger partial charge in [0.2, 0.25) is 0 Å². The van der Waals surface area contributed by atoms with Crippen LogP contribution >= 0.6 is 23.2 Å². The Hall–Kier alpha value is -1.82. The molecule has 206 valence electrons. The summed E-state index contributed by atoms with van der Waals surface area (Å²) in [6.45, 7) is 6.22. The van der Waals surface area contributed by atoms with Gasteiger partial charge in [0, 0.05) is 22.5 Å². The average Bonchev–Trinajstić information content (AvgIpc) is 3.68. The van der Waals surface area contributed by atoms with Gasteiger partial charge >= 0.3 is 5.97 Å². The number of hydrogen-bond donors (Lipinski definition) is 1. The zero-order valence-electron chi connectivity index (χ0n) is 22.7. The van der Waals surface area contributed by atoms with Gasteiger partial charge in [0.15, 0.2) is 0 Å². The summed E-state index contributed by atoms with van der Waals surface area (Å²) in [4.78, 5) is 13.4. The first kappa shape index (κ1) is 27.7. The van der Waals surface area contributed by atoms with Crippen LogP contribution in [-0.2, 0) is 9.53 Å². The number of nitrogens with one attached hydrogen (secondary N) is 1. The molecule has 1 spiro atoms.